The van der Waals surface area contributed by atoms with Crippen molar-refractivity contribution in [1.29, 1.82) is 0 Å². The quantitative estimate of drug-likeness (QED) is 0.456. The summed E-state index contributed by atoms with van der Waals surface area (Å²) < 4.78 is 13.3. The minimum Gasteiger partial charge on any atom is -0.489 e. The molecule has 31 heavy (non-hydrogen) atoms. The van der Waals surface area contributed by atoms with Crippen LogP contribution in [0.3, 0.4) is 0 Å². The molecule has 0 aliphatic carbocycles. The van der Waals surface area contributed by atoms with Gasteiger partial charge in [0.15, 0.2) is 0 Å². The smallest absolute Gasteiger partial charge is 0.307 e. The van der Waals surface area contributed by atoms with Gasteiger partial charge in [0.05, 0.1) is 19.4 Å². The van der Waals surface area contributed by atoms with E-state index >= 15 is 0 Å². The van der Waals surface area contributed by atoms with Crippen molar-refractivity contribution in [3.8, 4) is 5.75 Å². The molecule has 1 aliphatic heterocycles. The fourth-order valence-electron chi connectivity index (χ4n) is 4.08. The zero-order chi connectivity index (χ0) is 21.5. The van der Waals surface area contributed by atoms with Gasteiger partial charge in [0, 0.05) is 43.6 Å². The molecule has 1 unspecified atom stereocenters. The Kier molecular flexibility index (Phi) is 6.87. The molecule has 3 aromatic rings. The first kappa shape index (κ1) is 21.0. The summed E-state index contributed by atoms with van der Waals surface area (Å²) in [6, 6.07) is 16.5. The molecule has 0 N–H and O–H groups in total. The van der Waals surface area contributed by atoms with Gasteiger partial charge in [-0.2, -0.15) is 0 Å². The Morgan fingerprint density at radius 2 is 2.03 bits per heavy atom. The Balaban J connectivity index is 1.47. The molecule has 0 amide bonds. The lowest BCUT2D eigenvalue weighted by Gasteiger charge is -2.19. The molecule has 0 spiro atoms. The molecule has 0 radical (unpaired) electrons. The van der Waals surface area contributed by atoms with E-state index in [1.807, 2.05) is 49.9 Å². The van der Waals surface area contributed by atoms with Gasteiger partial charge in [-0.3, -0.25) is 4.79 Å². The highest BCUT2D eigenvalue weighted by atomic mass is 16.5. The first-order valence-electron chi connectivity index (χ1n) is 10.9. The lowest BCUT2D eigenvalue weighted by atomic mass is 9.97. The van der Waals surface area contributed by atoms with Gasteiger partial charge in [-0.15, -0.1) is 0 Å². The zero-order valence-corrected chi connectivity index (χ0v) is 17.9. The van der Waals surface area contributed by atoms with Gasteiger partial charge in [0.1, 0.15) is 12.4 Å². The second-order valence-corrected chi connectivity index (χ2v) is 7.78. The number of benzene rings is 2. The van der Waals surface area contributed by atoms with E-state index in [0.717, 1.165) is 30.8 Å². The van der Waals surface area contributed by atoms with Crippen LogP contribution in [0.5, 0.6) is 5.75 Å². The van der Waals surface area contributed by atoms with Crippen molar-refractivity contribution in [3.05, 3.63) is 78.4 Å². The fraction of sp³-hybridized carbons (Fsp3) is 0.360. The molecule has 2 heterocycles. The molecule has 1 atom stereocenters. The minimum absolute atomic E-state index is 0.145. The van der Waals surface area contributed by atoms with E-state index in [1.165, 1.54) is 11.3 Å². The fourth-order valence-corrected chi connectivity index (χ4v) is 4.08. The Morgan fingerprint density at radius 1 is 1.16 bits per heavy atom. The van der Waals surface area contributed by atoms with Crippen LogP contribution in [0.1, 0.15) is 36.8 Å². The van der Waals surface area contributed by atoms with Gasteiger partial charge >= 0.3 is 5.97 Å². The Labute approximate surface area is 183 Å². The van der Waals surface area contributed by atoms with Gasteiger partial charge in [-0.05, 0) is 42.7 Å². The van der Waals surface area contributed by atoms with Crippen LogP contribution in [0.2, 0.25) is 0 Å². The lowest BCUT2D eigenvalue weighted by Crippen LogP contribution is -2.25. The number of hydrogen-bond donors (Lipinski definition) is 0. The summed E-state index contributed by atoms with van der Waals surface area (Å²) >= 11 is 0. The second-order valence-electron chi connectivity index (χ2n) is 7.78. The van der Waals surface area contributed by atoms with Crippen molar-refractivity contribution < 1.29 is 14.3 Å². The number of imidazole rings is 1. The van der Waals surface area contributed by atoms with Crippen molar-refractivity contribution >= 4 is 11.7 Å². The molecule has 1 aromatic heterocycles. The number of fused-ring (bicyclic) bond motifs is 1. The minimum atomic E-state index is -0.145. The highest BCUT2D eigenvalue weighted by Crippen LogP contribution is 2.40. The van der Waals surface area contributed by atoms with Crippen LogP contribution < -0.4 is 9.64 Å². The molecule has 0 bridgehead atoms. The van der Waals surface area contributed by atoms with Gasteiger partial charge in [0.25, 0.3) is 0 Å². The van der Waals surface area contributed by atoms with Crippen LogP contribution in [0.25, 0.3) is 0 Å². The predicted molar refractivity (Wildman–Crippen MR) is 120 cm³/mol. The zero-order valence-electron chi connectivity index (χ0n) is 17.9. The number of aryl methyl sites for hydroxylation is 1. The summed E-state index contributed by atoms with van der Waals surface area (Å²) in [6.07, 6.45) is 7.06. The number of anilines is 1. The highest BCUT2D eigenvalue weighted by Gasteiger charge is 2.29. The maximum atomic E-state index is 11.9. The van der Waals surface area contributed by atoms with Crippen LogP contribution in [0.15, 0.2) is 67.3 Å². The van der Waals surface area contributed by atoms with E-state index in [2.05, 4.69) is 38.7 Å². The average Bonchev–Trinajstić information content (AvgIpc) is 3.43. The van der Waals surface area contributed by atoms with E-state index in [1.54, 1.807) is 0 Å². The van der Waals surface area contributed by atoms with Crippen LogP contribution in [-0.4, -0.2) is 35.2 Å². The number of nitrogens with zero attached hydrogens (tertiary/aromatic N) is 3. The summed E-state index contributed by atoms with van der Waals surface area (Å²) in [4.78, 5) is 18.3. The molecule has 2 aromatic carbocycles. The number of carbonyl (C=O) groups excluding carboxylic acids is 1. The number of ether oxygens (including phenoxy) is 2. The van der Waals surface area contributed by atoms with Crippen molar-refractivity contribution in [3.63, 3.8) is 0 Å². The largest absolute Gasteiger partial charge is 0.489 e. The topological polar surface area (TPSA) is 56.6 Å². The monoisotopic (exact) mass is 419 g/mol. The maximum absolute atomic E-state index is 11.9. The molecule has 0 saturated heterocycles. The number of aromatic nitrogens is 2. The molecular formula is C25H29N3O3. The van der Waals surface area contributed by atoms with Crippen molar-refractivity contribution in [2.75, 3.05) is 24.6 Å². The first-order valence-corrected chi connectivity index (χ1v) is 10.9. The standard InChI is InChI=1S/C25H29N3O3/c1-2-30-25(29)11-14-28-17-21(10-13-27-15-12-26-19-27)23-16-22(8-9-24(23)28)31-18-20-6-4-3-5-7-20/h3-9,12,15-16,19,21H,2,10-11,13-14,17-18H2,1H3. The summed E-state index contributed by atoms with van der Waals surface area (Å²) in [5.41, 5.74) is 3.62. The van der Waals surface area contributed by atoms with Gasteiger partial charge in [0.2, 0.25) is 0 Å². The SMILES string of the molecule is CCOC(=O)CCN1CC(CCn2ccnc2)c2cc(OCc3ccccc3)ccc21. The molecule has 6 heteroatoms. The Morgan fingerprint density at radius 3 is 2.81 bits per heavy atom. The third-order valence-corrected chi connectivity index (χ3v) is 5.65. The van der Waals surface area contributed by atoms with Crippen LogP contribution in [-0.2, 0) is 22.7 Å². The van der Waals surface area contributed by atoms with E-state index in [4.69, 9.17) is 9.47 Å². The molecule has 0 fully saturated rings. The maximum Gasteiger partial charge on any atom is 0.307 e. The number of hydrogen-bond acceptors (Lipinski definition) is 5. The molecule has 4 rings (SSSR count). The van der Waals surface area contributed by atoms with Gasteiger partial charge in [-0.1, -0.05) is 30.3 Å². The van der Waals surface area contributed by atoms with E-state index in [9.17, 15) is 4.79 Å². The summed E-state index contributed by atoms with van der Waals surface area (Å²) in [5.74, 6) is 1.11. The first-order chi connectivity index (χ1) is 15.2. The lowest BCUT2D eigenvalue weighted by molar-refractivity contribution is -0.142. The van der Waals surface area contributed by atoms with Crippen molar-refractivity contribution in [2.45, 2.75) is 38.8 Å². The molecule has 6 nitrogen and oxygen atoms in total. The summed E-state index contributed by atoms with van der Waals surface area (Å²) in [5, 5.41) is 0. The number of rotatable bonds is 10. The van der Waals surface area contributed by atoms with Crippen LogP contribution >= 0.6 is 0 Å². The molecule has 1 aliphatic rings. The molecule has 162 valence electrons. The van der Waals surface area contributed by atoms with Crippen LogP contribution in [0.4, 0.5) is 5.69 Å². The predicted octanol–water partition coefficient (Wildman–Crippen LogP) is 4.41. The number of esters is 1. The molecular weight excluding hydrogens is 390 g/mol. The second kappa shape index (κ2) is 10.2. The van der Waals surface area contributed by atoms with E-state index in [0.29, 0.717) is 32.1 Å². The summed E-state index contributed by atoms with van der Waals surface area (Å²) in [7, 11) is 0. The summed E-state index contributed by atoms with van der Waals surface area (Å²) in [6.45, 7) is 5.28. The van der Waals surface area contributed by atoms with Crippen molar-refractivity contribution in [1.82, 2.24) is 9.55 Å². The number of carbonyl (C=O) groups is 1. The normalized spacial score (nSPS) is 15.0. The third kappa shape index (κ3) is 5.45. The van der Waals surface area contributed by atoms with E-state index in [-0.39, 0.29) is 5.97 Å². The Bertz CT molecular complexity index is 973. The third-order valence-electron chi connectivity index (χ3n) is 5.65. The molecule has 0 saturated carbocycles. The van der Waals surface area contributed by atoms with Gasteiger partial charge in [-0.25, -0.2) is 4.98 Å². The van der Waals surface area contributed by atoms with Gasteiger partial charge < -0.3 is 18.9 Å². The van der Waals surface area contributed by atoms with Crippen LogP contribution in [0, 0.1) is 0 Å². The van der Waals surface area contributed by atoms with E-state index < -0.39 is 0 Å². The Hall–Kier alpha value is -3.28. The van der Waals surface area contributed by atoms with Crippen molar-refractivity contribution in [2.24, 2.45) is 0 Å². The highest BCUT2D eigenvalue weighted by molar-refractivity contribution is 5.71. The average molecular weight is 420 g/mol.